The number of nitrogens with zero attached hydrogens (tertiary/aromatic N) is 2. The van der Waals surface area contributed by atoms with Gasteiger partial charge >= 0.3 is 0 Å². The highest BCUT2D eigenvalue weighted by molar-refractivity contribution is 5.92. The smallest absolute Gasteiger partial charge is 0.246 e. The number of likely N-dealkylation sites (N-methyl/N-ethyl adjacent to an activating group) is 1. The van der Waals surface area contributed by atoms with E-state index in [1.165, 1.54) is 12.8 Å². The third kappa shape index (κ3) is 3.14. The van der Waals surface area contributed by atoms with Gasteiger partial charge in [0.2, 0.25) is 5.91 Å². The second-order valence-corrected chi connectivity index (χ2v) is 11.7. The maximum Gasteiger partial charge on any atom is 0.246 e. The van der Waals surface area contributed by atoms with Crippen LogP contribution in [0.1, 0.15) is 54.9 Å². The number of aromatic hydroxyl groups is 1. The predicted octanol–water partition coefficient (Wildman–Crippen LogP) is 2.99. The Morgan fingerprint density at radius 3 is 2.70 bits per heavy atom. The fourth-order valence-corrected chi connectivity index (χ4v) is 7.93. The summed E-state index contributed by atoms with van der Waals surface area (Å²) in [6.45, 7) is 1.63. The maximum atomic E-state index is 13.3. The van der Waals surface area contributed by atoms with Crippen molar-refractivity contribution < 1.29 is 24.9 Å². The third-order valence-corrected chi connectivity index (χ3v) is 9.84. The summed E-state index contributed by atoms with van der Waals surface area (Å²) in [6.07, 6.45) is 6.10. The Labute approximate surface area is 217 Å². The first-order chi connectivity index (χ1) is 17.8. The molecular formula is C30H34N2O5. The third-order valence-electron chi connectivity index (χ3n) is 9.84. The number of hydrogen-bond donors (Lipinski definition) is 3. The standard InChI is InChI=1S/C30H34N2O5/c1-31(23(34)12-9-18-5-3-2-4-6-18)21-13-14-30(36)27-25(35)20-10-11-22(33)26-24(20)29(30,28(21)37-26)15-16-32(27)17-19-7-8-19/h2-6,9-12,19,21,25,27-28,33,35-36H,7-8,13-17H2,1H3/b12-9+/t21-,25+,27-,28+,29+,30-/m1/s1. The van der Waals surface area contributed by atoms with Gasteiger partial charge in [0.15, 0.2) is 11.5 Å². The Morgan fingerprint density at radius 2 is 1.95 bits per heavy atom. The molecule has 2 aliphatic heterocycles. The van der Waals surface area contributed by atoms with Crippen molar-refractivity contribution in [1.82, 2.24) is 9.80 Å². The van der Waals surface area contributed by atoms with Crippen LogP contribution in [0.3, 0.4) is 0 Å². The molecule has 5 aliphatic rings. The molecule has 0 unspecified atom stereocenters. The van der Waals surface area contributed by atoms with Crippen LogP contribution in [0, 0.1) is 5.92 Å². The Morgan fingerprint density at radius 1 is 1.16 bits per heavy atom. The molecule has 2 aromatic carbocycles. The Hall–Kier alpha value is -2.87. The first kappa shape index (κ1) is 23.3. The summed E-state index contributed by atoms with van der Waals surface area (Å²) in [6, 6.07) is 12.4. The lowest BCUT2D eigenvalue weighted by Gasteiger charge is -2.65. The number of hydrogen-bond acceptors (Lipinski definition) is 6. The number of phenols is 1. The number of piperidine rings is 1. The normalized spacial score (nSPS) is 35.8. The number of aliphatic hydroxyl groups excluding tert-OH is 1. The number of aliphatic hydroxyl groups is 2. The fraction of sp³-hybridized carbons (Fsp3) is 0.500. The maximum absolute atomic E-state index is 13.3. The average Bonchev–Trinajstić information content (AvgIpc) is 3.64. The molecule has 7 heteroatoms. The van der Waals surface area contributed by atoms with Crippen LogP contribution in [0.15, 0.2) is 48.5 Å². The summed E-state index contributed by atoms with van der Waals surface area (Å²) in [5.74, 6) is 0.890. The Balaban J connectivity index is 1.28. The van der Waals surface area contributed by atoms with Gasteiger partial charge in [-0.1, -0.05) is 36.4 Å². The van der Waals surface area contributed by atoms with E-state index in [0.29, 0.717) is 30.9 Å². The number of carbonyl (C=O) groups excluding carboxylic acids is 1. The fourth-order valence-electron chi connectivity index (χ4n) is 7.93. The van der Waals surface area contributed by atoms with Gasteiger partial charge in [-0.3, -0.25) is 9.69 Å². The molecule has 2 heterocycles. The highest BCUT2D eigenvalue weighted by Crippen LogP contribution is 2.67. The molecule has 37 heavy (non-hydrogen) atoms. The summed E-state index contributed by atoms with van der Waals surface area (Å²) in [5, 5.41) is 35.0. The largest absolute Gasteiger partial charge is 0.504 e. The minimum atomic E-state index is -1.21. The van der Waals surface area contributed by atoms with Crippen molar-refractivity contribution in [3.63, 3.8) is 0 Å². The number of amides is 1. The summed E-state index contributed by atoms with van der Waals surface area (Å²) in [5.41, 5.74) is 0.439. The van der Waals surface area contributed by atoms with Gasteiger partial charge in [0, 0.05) is 25.2 Å². The summed E-state index contributed by atoms with van der Waals surface area (Å²) < 4.78 is 6.54. The zero-order valence-corrected chi connectivity index (χ0v) is 21.1. The van der Waals surface area contributed by atoms with E-state index >= 15 is 0 Å². The molecule has 2 aromatic rings. The van der Waals surface area contributed by atoms with Crippen molar-refractivity contribution in [2.45, 2.75) is 67.4 Å². The van der Waals surface area contributed by atoms with Crippen LogP contribution in [0.2, 0.25) is 0 Å². The number of rotatable bonds is 5. The molecule has 0 aromatic heterocycles. The molecule has 2 bridgehead atoms. The lowest BCUT2D eigenvalue weighted by atomic mass is 9.47. The SMILES string of the molecule is CN(C(=O)/C=C/c1ccccc1)[C@@H]1CC[C@@]2(O)[C@H]3[C@@H](O)c4ccc(O)c5c4[C@@]2(CCN3CC2CC2)[C@H]1O5. The van der Waals surface area contributed by atoms with Crippen LogP contribution < -0.4 is 4.74 Å². The van der Waals surface area contributed by atoms with E-state index in [4.69, 9.17) is 4.74 Å². The summed E-state index contributed by atoms with van der Waals surface area (Å²) >= 11 is 0. The minimum absolute atomic E-state index is 0.0210. The molecule has 0 radical (unpaired) electrons. The molecule has 6 atom stereocenters. The lowest BCUT2D eigenvalue weighted by molar-refractivity contribution is -0.223. The lowest BCUT2D eigenvalue weighted by Crippen LogP contribution is -2.79. The quantitative estimate of drug-likeness (QED) is 0.545. The molecule has 2 saturated carbocycles. The molecule has 7 rings (SSSR count). The highest BCUT2D eigenvalue weighted by atomic mass is 16.5. The second kappa shape index (κ2) is 8.06. The van der Waals surface area contributed by atoms with E-state index in [-0.39, 0.29) is 17.7 Å². The van der Waals surface area contributed by atoms with Gasteiger partial charge < -0.3 is 25.0 Å². The van der Waals surface area contributed by atoms with Crippen molar-refractivity contribution in [1.29, 1.82) is 0 Å². The van der Waals surface area contributed by atoms with Crippen molar-refractivity contribution in [2.75, 3.05) is 20.1 Å². The average molecular weight is 503 g/mol. The molecule has 1 saturated heterocycles. The van der Waals surface area contributed by atoms with Crippen LogP contribution in [-0.2, 0) is 10.2 Å². The highest BCUT2D eigenvalue weighted by Gasteiger charge is 2.75. The monoisotopic (exact) mass is 502 g/mol. The van der Waals surface area contributed by atoms with E-state index in [9.17, 15) is 20.1 Å². The number of phenolic OH excluding ortho intramolecular Hbond substituents is 1. The van der Waals surface area contributed by atoms with E-state index in [2.05, 4.69) is 4.90 Å². The second-order valence-electron chi connectivity index (χ2n) is 11.7. The van der Waals surface area contributed by atoms with Crippen LogP contribution in [0.25, 0.3) is 6.08 Å². The van der Waals surface area contributed by atoms with Gasteiger partial charge in [0.05, 0.1) is 29.2 Å². The van der Waals surface area contributed by atoms with Crippen LogP contribution >= 0.6 is 0 Å². The molecule has 3 fully saturated rings. The topological polar surface area (TPSA) is 93.5 Å². The molecule has 1 spiro atoms. The zero-order chi connectivity index (χ0) is 25.5. The van der Waals surface area contributed by atoms with Gasteiger partial charge in [-0.05, 0) is 67.8 Å². The van der Waals surface area contributed by atoms with Gasteiger partial charge in [-0.15, -0.1) is 0 Å². The molecule has 7 nitrogen and oxygen atoms in total. The van der Waals surface area contributed by atoms with E-state index in [1.807, 2.05) is 36.4 Å². The van der Waals surface area contributed by atoms with E-state index < -0.39 is 29.3 Å². The number of carbonyl (C=O) groups is 1. The van der Waals surface area contributed by atoms with Gasteiger partial charge in [-0.25, -0.2) is 0 Å². The van der Waals surface area contributed by atoms with E-state index in [0.717, 1.165) is 29.8 Å². The van der Waals surface area contributed by atoms with Crippen molar-refractivity contribution in [3.8, 4) is 11.5 Å². The molecule has 3 N–H and O–H groups in total. The molecule has 1 amide bonds. The van der Waals surface area contributed by atoms with E-state index in [1.54, 1.807) is 30.2 Å². The number of benzene rings is 2. The molecule has 194 valence electrons. The first-order valence-corrected chi connectivity index (χ1v) is 13.5. The predicted molar refractivity (Wildman–Crippen MR) is 138 cm³/mol. The van der Waals surface area contributed by atoms with Crippen LogP contribution in [-0.4, -0.2) is 75.0 Å². The van der Waals surface area contributed by atoms with Crippen LogP contribution in [0.5, 0.6) is 11.5 Å². The number of ether oxygens (including phenoxy) is 1. The molecule has 3 aliphatic carbocycles. The van der Waals surface area contributed by atoms with Crippen molar-refractivity contribution in [2.24, 2.45) is 5.92 Å². The minimum Gasteiger partial charge on any atom is -0.504 e. The first-order valence-electron chi connectivity index (χ1n) is 13.5. The van der Waals surface area contributed by atoms with Crippen molar-refractivity contribution >= 4 is 12.0 Å². The zero-order valence-electron chi connectivity index (χ0n) is 21.1. The summed E-state index contributed by atoms with van der Waals surface area (Å²) in [7, 11) is 1.80. The van der Waals surface area contributed by atoms with Gasteiger partial charge in [0.25, 0.3) is 0 Å². The van der Waals surface area contributed by atoms with Crippen molar-refractivity contribution in [3.05, 3.63) is 65.2 Å². The Kier molecular flexibility index (Phi) is 5.07. The number of likely N-dealkylation sites (tertiary alicyclic amines) is 1. The van der Waals surface area contributed by atoms with Gasteiger partial charge in [-0.2, -0.15) is 0 Å². The van der Waals surface area contributed by atoms with Gasteiger partial charge in [0.1, 0.15) is 6.10 Å². The summed E-state index contributed by atoms with van der Waals surface area (Å²) in [4.78, 5) is 17.3. The van der Waals surface area contributed by atoms with Crippen LogP contribution in [0.4, 0.5) is 0 Å². The molecular weight excluding hydrogens is 468 g/mol. The Bertz CT molecular complexity index is 1280.